The number of ether oxygens (including phenoxy) is 2. The number of carbonyl (C=O) groups is 1. The summed E-state index contributed by atoms with van der Waals surface area (Å²) < 4.78 is 77.6. The Morgan fingerprint density at radius 3 is 2.44 bits per heavy atom. The van der Waals surface area contributed by atoms with Crippen molar-refractivity contribution in [2.75, 3.05) is 6.61 Å². The maximum atomic E-state index is 13.9. The van der Waals surface area contributed by atoms with E-state index < -0.39 is 41.1 Å². The summed E-state index contributed by atoms with van der Waals surface area (Å²) in [4.78, 5) is 12.1. The third kappa shape index (κ3) is 2.98. The van der Waals surface area contributed by atoms with Gasteiger partial charge in [-0.1, -0.05) is 13.0 Å². The number of carbonyl (C=O) groups excluding carboxylic acids is 1. The van der Waals surface area contributed by atoms with E-state index in [1.807, 2.05) is 0 Å². The van der Waals surface area contributed by atoms with Crippen LogP contribution in [0.15, 0.2) is 17.9 Å². The minimum Gasteiger partial charge on any atom is -0.470 e. The molecule has 0 aromatic heterocycles. The smallest absolute Gasteiger partial charge is 0.428 e. The Bertz CT molecular complexity index is 739. The van der Waals surface area contributed by atoms with Gasteiger partial charge in [0.25, 0.3) is 0 Å². The zero-order valence-electron chi connectivity index (χ0n) is 14.1. The monoisotopic (exact) mass is 364 g/mol. The summed E-state index contributed by atoms with van der Waals surface area (Å²) >= 11 is 0. The van der Waals surface area contributed by atoms with Gasteiger partial charge in [-0.25, -0.2) is 13.6 Å². The second-order valence-corrected chi connectivity index (χ2v) is 5.93. The van der Waals surface area contributed by atoms with Crippen LogP contribution < -0.4 is 0 Å². The van der Waals surface area contributed by atoms with Crippen LogP contribution in [0.25, 0.3) is 5.57 Å². The first-order valence-corrected chi connectivity index (χ1v) is 7.57. The minimum atomic E-state index is -4.79. The molecule has 0 radical (unpaired) electrons. The van der Waals surface area contributed by atoms with Crippen molar-refractivity contribution in [3.63, 3.8) is 0 Å². The number of benzene rings is 1. The maximum absolute atomic E-state index is 13.9. The second kappa shape index (κ2) is 6.31. The lowest BCUT2D eigenvalue weighted by atomic mass is 9.81. The highest BCUT2D eigenvalue weighted by atomic mass is 19.4. The van der Waals surface area contributed by atoms with Crippen molar-refractivity contribution in [2.45, 2.75) is 39.5 Å². The molecule has 0 spiro atoms. The van der Waals surface area contributed by atoms with Crippen LogP contribution in [0, 0.1) is 24.5 Å². The molecule has 1 heterocycles. The summed E-state index contributed by atoms with van der Waals surface area (Å²) in [6, 6.07) is 1.92. The number of hydrogen-bond acceptors (Lipinski definition) is 3. The lowest BCUT2D eigenvalue weighted by molar-refractivity contribution is -0.262. The lowest BCUT2D eigenvalue weighted by Crippen LogP contribution is -2.47. The quantitative estimate of drug-likeness (QED) is 0.584. The van der Waals surface area contributed by atoms with Gasteiger partial charge in [-0.15, -0.1) is 0 Å². The molecular weight excluding hydrogens is 347 g/mol. The van der Waals surface area contributed by atoms with Crippen LogP contribution >= 0.6 is 0 Å². The maximum Gasteiger partial charge on any atom is 0.428 e. The van der Waals surface area contributed by atoms with Gasteiger partial charge in [0.2, 0.25) is 11.4 Å². The van der Waals surface area contributed by atoms with Crippen LogP contribution in [-0.4, -0.2) is 24.4 Å². The summed E-state index contributed by atoms with van der Waals surface area (Å²) in [6.07, 6.45) is -4.79. The van der Waals surface area contributed by atoms with Crippen molar-refractivity contribution >= 4 is 11.5 Å². The van der Waals surface area contributed by atoms with Gasteiger partial charge in [0.1, 0.15) is 0 Å². The summed E-state index contributed by atoms with van der Waals surface area (Å²) in [6.45, 7) is 4.66. The molecule has 0 saturated carbocycles. The largest absolute Gasteiger partial charge is 0.470 e. The Hall–Kier alpha value is -2.12. The van der Waals surface area contributed by atoms with Gasteiger partial charge in [-0.2, -0.15) is 13.2 Å². The number of esters is 1. The van der Waals surface area contributed by atoms with Crippen molar-refractivity contribution in [1.82, 2.24) is 0 Å². The van der Waals surface area contributed by atoms with Gasteiger partial charge in [0.05, 0.1) is 6.61 Å². The molecule has 2 atom stereocenters. The molecule has 1 aromatic rings. The predicted octanol–water partition coefficient (Wildman–Crippen LogP) is 4.53. The molecule has 0 fully saturated rings. The molecule has 8 heteroatoms. The van der Waals surface area contributed by atoms with Crippen molar-refractivity contribution in [2.24, 2.45) is 5.92 Å². The molecule has 0 aliphatic carbocycles. The third-order valence-corrected chi connectivity index (χ3v) is 4.47. The van der Waals surface area contributed by atoms with Crippen LogP contribution in [0.5, 0.6) is 0 Å². The van der Waals surface area contributed by atoms with Crippen LogP contribution in [0.2, 0.25) is 0 Å². The Labute approximate surface area is 141 Å². The third-order valence-electron chi connectivity index (χ3n) is 4.47. The minimum absolute atomic E-state index is 0.0255. The highest BCUT2D eigenvalue weighted by Gasteiger charge is 2.63. The molecule has 0 N–H and O–H groups in total. The topological polar surface area (TPSA) is 35.5 Å². The van der Waals surface area contributed by atoms with Crippen LogP contribution in [-0.2, 0) is 14.3 Å². The average molecular weight is 364 g/mol. The molecule has 0 saturated heterocycles. The number of hydrogen-bond donors (Lipinski definition) is 0. The standard InChI is InChI=1S/C17H17F5O3/c1-5-24-15(23)14-12(9(3)16(4,25-14)17(20,21)22)10-6-7-11(18)13(19)8(10)2/h6-7,9H,5H2,1-4H3/t9-,16?/m1/s1. The van der Waals surface area contributed by atoms with Crippen LogP contribution in [0.1, 0.15) is 31.9 Å². The molecule has 138 valence electrons. The SMILES string of the molecule is CCOC(=O)C1=C(c2ccc(F)c(F)c2C)[C@@H](C)C(C)(C(F)(F)F)O1. The van der Waals surface area contributed by atoms with Gasteiger partial charge in [0, 0.05) is 11.5 Å². The van der Waals surface area contributed by atoms with E-state index in [0.717, 1.165) is 19.1 Å². The fourth-order valence-electron chi connectivity index (χ4n) is 2.78. The summed E-state index contributed by atoms with van der Waals surface area (Å²) in [7, 11) is 0. The fourth-order valence-corrected chi connectivity index (χ4v) is 2.78. The van der Waals surface area contributed by atoms with Crippen molar-refractivity contribution < 1.29 is 36.2 Å². The van der Waals surface area contributed by atoms with E-state index in [1.165, 1.54) is 20.8 Å². The van der Waals surface area contributed by atoms with Gasteiger partial charge < -0.3 is 9.47 Å². The molecule has 1 aliphatic rings. The van der Waals surface area contributed by atoms with E-state index in [4.69, 9.17) is 9.47 Å². The zero-order chi connectivity index (χ0) is 19.2. The molecule has 0 bridgehead atoms. The Kier molecular flexibility index (Phi) is 4.85. The number of alkyl halides is 3. The molecule has 3 nitrogen and oxygen atoms in total. The van der Waals surface area contributed by atoms with Gasteiger partial charge in [-0.05, 0) is 38.0 Å². The van der Waals surface area contributed by atoms with Crippen LogP contribution in [0.4, 0.5) is 22.0 Å². The molecule has 1 aromatic carbocycles. The highest BCUT2D eigenvalue weighted by Crippen LogP contribution is 2.52. The van der Waals surface area contributed by atoms with E-state index in [2.05, 4.69) is 0 Å². The van der Waals surface area contributed by atoms with Crippen molar-refractivity contribution in [3.05, 3.63) is 40.7 Å². The molecule has 0 amide bonds. The first-order valence-electron chi connectivity index (χ1n) is 7.57. The number of rotatable bonds is 3. The average Bonchev–Trinajstić information content (AvgIpc) is 2.79. The Morgan fingerprint density at radius 1 is 1.32 bits per heavy atom. The second-order valence-electron chi connectivity index (χ2n) is 5.93. The van der Waals surface area contributed by atoms with Crippen molar-refractivity contribution in [1.29, 1.82) is 0 Å². The molecule has 25 heavy (non-hydrogen) atoms. The van der Waals surface area contributed by atoms with Gasteiger partial charge in [0.15, 0.2) is 11.6 Å². The van der Waals surface area contributed by atoms with Crippen molar-refractivity contribution in [3.8, 4) is 0 Å². The fraction of sp³-hybridized carbons (Fsp3) is 0.471. The van der Waals surface area contributed by atoms with E-state index in [9.17, 15) is 26.7 Å². The Balaban J connectivity index is 2.70. The normalized spacial score (nSPS) is 23.6. The summed E-state index contributed by atoms with van der Waals surface area (Å²) in [5.74, 6) is -5.38. The van der Waals surface area contributed by atoms with Gasteiger partial charge in [-0.3, -0.25) is 0 Å². The van der Waals surface area contributed by atoms with E-state index in [-0.39, 0.29) is 23.3 Å². The number of halogens is 5. The summed E-state index contributed by atoms with van der Waals surface area (Å²) in [5.41, 5.74) is -3.09. The Morgan fingerprint density at radius 2 is 1.92 bits per heavy atom. The predicted molar refractivity (Wildman–Crippen MR) is 79.4 cm³/mol. The van der Waals surface area contributed by atoms with E-state index >= 15 is 0 Å². The van der Waals surface area contributed by atoms with Crippen LogP contribution in [0.3, 0.4) is 0 Å². The molecule has 1 unspecified atom stereocenters. The zero-order valence-corrected chi connectivity index (χ0v) is 14.1. The lowest BCUT2D eigenvalue weighted by Gasteiger charge is -2.32. The van der Waals surface area contributed by atoms with Gasteiger partial charge >= 0.3 is 12.1 Å². The molecular formula is C17H17F5O3. The molecule has 2 rings (SSSR count). The summed E-state index contributed by atoms with van der Waals surface area (Å²) in [5, 5.41) is 0. The molecule has 1 aliphatic heterocycles. The van der Waals surface area contributed by atoms with E-state index in [1.54, 1.807) is 0 Å². The highest BCUT2D eigenvalue weighted by molar-refractivity contribution is 5.98. The van der Waals surface area contributed by atoms with E-state index in [0.29, 0.717) is 0 Å². The first kappa shape index (κ1) is 19.2. The first-order chi connectivity index (χ1) is 11.5.